The molecule has 0 saturated heterocycles. The molecule has 0 aliphatic rings. The Morgan fingerprint density at radius 2 is 2.00 bits per heavy atom. The Morgan fingerprint density at radius 3 is 2.50 bits per heavy atom. The lowest BCUT2D eigenvalue weighted by atomic mass is 10.2. The molecular formula is C10H9NO. The van der Waals surface area contributed by atoms with E-state index in [0.717, 1.165) is 5.56 Å². The Balaban J connectivity index is 3.27. The summed E-state index contributed by atoms with van der Waals surface area (Å²) in [5.41, 5.74) is 1.99. The fourth-order valence-electron chi connectivity index (χ4n) is 0.903. The van der Waals surface area contributed by atoms with Crippen LogP contribution in [0.2, 0.25) is 0 Å². The summed E-state index contributed by atoms with van der Waals surface area (Å²) in [5.74, 6) is 0. The van der Waals surface area contributed by atoms with E-state index in [9.17, 15) is 4.79 Å². The summed E-state index contributed by atoms with van der Waals surface area (Å²) in [6.45, 7) is 7.21. The molecule has 0 fully saturated rings. The van der Waals surface area contributed by atoms with Gasteiger partial charge < -0.3 is 0 Å². The van der Waals surface area contributed by atoms with Gasteiger partial charge in [0.25, 0.3) is 0 Å². The number of nitrogens with zero attached hydrogens (tertiary/aromatic N) is 1. The van der Waals surface area contributed by atoms with Crippen molar-refractivity contribution in [1.82, 2.24) is 4.98 Å². The van der Waals surface area contributed by atoms with Gasteiger partial charge >= 0.3 is 0 Å². The zero-order chi connectivity index (χ0) is 8.97. The third-order valence-corrected chi connectivity index (χ3v) is 1.51. The average molecular weight is 159 g/mol. The quantitative estimate of drug-likeness (QED) is 0.633. The normalized spacial score (nSPS) is 9.00. The SMILES string of the molecule is C=Cc1ccc(C=O)nc1C=C. The van der Waals surface area contributed by atoms with E-state index in [1.165, 1.54) is 0 Å². The number of rotatable bonds is 3. The monoisotopic (exact) mass is 159 g/mol. The zero-order valence-electron chi connectivity index (χ0n) is 6.66. The van der Waals surface area contributed by atoms with Crippen molar-refractivity contribution in [2.24, 2.45) is 0 Å². The third kappa shape index (κ3) is 1.48. The highest BCUT2D eigenvalue weighted by Gasteiger charge is 1.97. The van der Waals surface area contributed by atoms with Crippen molar-refractivity contribution in [3.63, 3.8) is 0 Å². The van der Waals surface area contributed by atoms with Gasteiger partial charge in [-0.1, -0.05) is 25.3 Å². The predicted molar refractivity (Wildman–Crippen MR) is 49.8 cm³/mol. The summed E-state index contributed by atoms with van der Waals surface area (Å²) in [6, 6.07) is 3.44. The summed E-state index contributed by atoms with van der Waals surface area (Å²) in [5, 5.41) is 0. The highest BCUT2D eigenvalue weighted by atomic mass is 16.1. The van der Waals surface area contributed by atoms with Gasteiger partial charge in [-0.05, 0) is 17.7 Å². The van der Waals surface area contributed by atoms with E-state index < -0.39 is 0 Å². The van der Waals surface area contributed by atoms with Crippen molar-refractivity contribution in [3.05, 3.63) is 42.2 Å². The molecule has 2 heteroatoms. The number of carbonyl (C=O) groups is 1. The van der Waals surface area contributed by atoms with Crippen LogP contribution in [0.15, 0.2) is 25.3 Å². The Bertz CT molecular complexity index is 329. The van der Waals surface area contributed by atoms with Gasteiger partial charge in [-0.15, -0.1) is 0 Å². The van der Waals surface area contributed by atoms with Crippen LogP contribution in [0.1, 0.15) is 21.7 Å². The summed E-state index contributed by atoms with van der Waals surface area (Å²) in [4.78, 5) is 14.4. The van der Waals surface area contributed by atoms with Gasteiger partial charge in [0.05, 0.1) is 5.69 Å². The van der Waals surface area contributed by atoms with Crippen molar-refractivity contribution >= 4 is 18.4 Å². The van der Waals surface area contributed by atoms with Crippen LogP contribution in [0.5, 0.6) is 0 Å². The second-order valence-electron chi connectivity index (χ2n) is 2.24. The van der Waals surface area contributed by atoms with Gasteiger partial charge in [-0.2, -0.15) is 0 Å². The van der Waals surface area contributed by atoms with Crippen molar-refractivity contribution in [2.75, 3.05) is 0 Å². The van der Waals surface area contributed by atoms with E-state index in [2.05, 4.69) is 18.1 Å². The lowest BCUT2D eigenvalue weighted by Crippen LogP contribution is -1.91. The maximum absolute atomic E-state index is 10.4. The zero-order valence-corrected chi connectivity index (χ0v) is 6.66. The summed E-state index contributed by atoms with van der Waals surface area (Å²) in [6.07, 6.45) is 3.99. The van der Waals surface area contributed by atoms with Crippen LogP contribution in [0.4, 0.5) is 0 Å². The molecule has 0 aliphatic heterocycles. The van der Waals surface area contributed by atoms with Gasteiger partial charge in [0.2, 0.25) is 0 Å². The van der Waals surface area contributed by atoms with Crippen molar-refractivity contribution in [1.29, 1.82) is 0 Å². The molecule has 1 aromatic heterocycles. The number of hydrogen-bond donors (Lipinski definition) is 0. The van der Waals surface area contributed by atoms with Crippen LogP contribution in [-0.4, -0.2) is 11.3 Å². The van der Waals surface area contributed by atoms with Crippen LogP contribution in [-0.2, 0) is 0 Å². The molecule has 0 aromatic carbocycles. The summed E-state index contributed by atoms with van der Waals surface area (Å²) >= 11 is 0. The van der Waals surface area contributed by atoms with Crippen molar-refractivity contribution in [2.45, 2.75) is 0 Å². The van der Waals surface area contributed by atoms with Crippen LogP contribution in [0.3, 0.4) is 0 Å². The van der Waals surface area contributed by atoms with E-state index >= 15 is 0 Å². The molecule has 0 aliphatic carbocycles. The van der Waals surface area contributed by atoms with Crippen molar-refractivity contribution in [3.8, 4) is 0 Å². The van der Waals surface area contributed by atoms with Crippen LogP contribution < -0.4 is 0 Å². The Labute approximate surface area is 71.3 Å². The summed E-state index contributed by atoms with van der Waals surface area (Å²) in [7, 11) is 0. The lowest BCUT2D eigenvalue weighted by molar-refractivity contribution is 0.111. The first kappa shape index (κ1) is 8.40. The van der Waals surface area contributed by atoms with E-state index in [1.807, 2.05) is 0 Å². The molecule has 0 saturated carbocycles. The Hall–Kier alpha value is -1.70. The number of hydrogen-bond acceptors (Lipinski definition) is 2. The van der Waals surface area contributed by atoms with Crippen molar-refractivity contribution < 1.29 is 4.79 Å². The lowest BCUT2D eigenvalue weighted by Gasteiger charge is -1.99. The highest BCUT2D eigenvalue weighted by Crippen LogP contribution is 2.09. The molecule has 0 amide bonds. The Morgan fingerprint density at radius 1 is 1.25 bits per heavy atom. The second-order valence-corrected chi connectivity index (χ2v) is 2.24. The van der Waals surface area contributed by atoms with Crippen LogP contribution in [0, 0.1) is 0 Å². The average Bonchev–Trinajstić information content (AvgIpc) is 2.16. The number of pyridine rings is 1. The number of aromatic nitrogens is 1. The molecule has 12 heavy (non-hydrogen) atoms. The molecular weight excluding hydrogens is 150 g/mol. The molecule has 1 aromatic rings. The first-order chi connectivity index (χ1) is 5.81. The first-order valence-corrected chi connectivity index (χ1v) is 3.53. The largest absolute Gasteiger partial charge is 0.296 e. The molecule has 1 heterocycles. The van der Waals surface area contributed by atoms with Crippen LogP contribution in [0.25, 0.3) is 12.2 Å². The topological polar surface area (TPSA) is 30.0 Å². The minimum absolute atomic E-state index is 0.413. The maximum atomic E-state index is 10.4. The first-order valence-electron chi connectivity index (χ1n) is 3.53. The third-order valence-electron chi connectivity index (χ3n) is 1.51. The van der Waals surface area contributed by atoms with Gasteiger partial charge in [0.1, 0.15) is 5.69 Å². The highest BCUT2D eigenvalue weighted by molar-refractivity contribution is 5.74. The van der Waals surface area contributed by atoms with E-state index in [1.54, 1.807) is 24.3 Å². The maximum Gasteiger partial charge on any atom is 0.168 e. The molecule has 1 rings (SSSR count). The van der Waals surface area contributed by atoms with Gasteiger partial charge in [-0.3, -0.25) is 4.79 Å². The van der Waals surface area contributed by atoms with Gasteiger partial charge in [0.15, 0.2) is 6.29 Å². The number of aldehydes is 1. The molecule has 0 N–H and O–H groups in total. The fraction of sp³-hybridized carbons (Fsp3) is 0. The van der Waals surface area contributed by atoms with E-state index in [0.29, 0.717) is 17.7 Å². The fourth-order valence-corrected chi connectivity index (χ4v) is 0.903. The smallest absolute Gasteiger partial charge is 0.168 e. The molecule has 60 valence electrons. The minimum Gasteiger partial charge on any atom is -0.296 e. The molecule has 0 unspecified atom stereocenters. The second kappa shape index (κ2) is 3.62. The van der Waals surface area contributed by atoms with E-state index in [4.69, 9.17) is 0 Å². The molecule has 0 spiro atoms. The summed E-state index contributed by atoms with van der Waals surface area (Å²) < 4.78 is 0. The van der Waals surface area contributed by atoms with Gasteiger partial charge in [0, 0.05) is 0 Å². The standard InChI is InChI=1S/C10H9NO/c1-3-8-5-6-9(7-12)11-10(8)4-2/h3-7H,1-2H2. The molecule has 2 nitrogen and oxygen atoms in total. The van der Waals surface area contributed by atoms with E-state index in [-0.39, 0.29) is 0 Å². The van der Waals surface area contributed by atoms with Gasteiger partial charge in [-0.25, -0.2) is 4.98 Å². The number of carbonyl (C=O) groups excluding carboxylic acids is 1. The minimum atomic E-state index is 0.413. The molecule has 0 radical (unpaired) electrons. The Kier molecular flexibility index (Phi) is 2.53. The molecule has 0 bridgehead atoms. The molecule has 0 atom stereocenters. The predicted octanol–water partition coefficient (Wildman–Crippen LogP) is 2.18. The van der Waals surface area contributed by atoms with Crippen LogP contribution >= 0.6 is 0 Å².